The van der Waals surface area contributed by atoms with Crippen molar-refractivity contribution in [1.29, 1.82) is 0 Å². The Morgan fingerprint density at radius 1 is 1.26 bits per heavy atom. The molecule has 0 saturated carbocycles. The van der Waals surface area contributed by atoms with Crippen LogP contribution in [0.4, 0.5) is 22.0 Å². The first-order chi connectivity index (χ1) is 12.5. The van der Waals surface area contributed by atoms with E-state index in [4.69, 9.17) is 5.11 Å². The van der Waals surface area contributed by atoms with Gasteiger partial charge in [-0.1, -0.05) is 6.07 Å². The highest BCUT2D eigenvalue weighted by atomic mass is 19.4. The Labute approximate surface area is 152 Å². The number of nitrogens with zero attached hydrogens (tertiary/aromatic N) is 1. The lowest BCUT2D eigenvalue weighted by atomic mass is 9.96. The van der Waals surface area contributed by atoms with Crippen molar-refractivity contribution < 1.29 is 36.6 Å². The largest absolute Gasteiger partial charge is 0.481 e. The minimum atomic E-state index is -4.68. The van der Waals surface area contributed by atoms with Gasteiger partial charge in [-0.05, 0) is 25.5 Å². The highest BCUT2D eigenvalue weighted by Crippen LogP contribution is 2.37. The Bertz CT molecular complexity index is 690. The number of likely N-dealkylation sites (tertiary alicyclic amines) is 1. The number of carboxylic acid groups (broad SMARTS) is 1. The van der Waals surface area contributed by atoms with Crippen LogP contribution in [0.25, 0.3) is 0 Å². The Hall–Kier alpha value is -2.23. The Kier molecular flexibility index (Phi) is 6.40. The monoisotopic (exact) mass is 394 g/mol. The number of hydrogen-bond donors (Lipinski definition) is 2. The molecule has 27 heavy (non-hydrogen) atoms. The molecule has 1 aliphatic rings. The molecule has 150 valence electrons. The quantitative estimate of drug-likeness (QED) is 0.726. The van der Waals surface area contributed by atoms with Gasteiger partial charge in [0.25, 0.3) is 0 Å². The summed E-state index contributed by atoms with van der Waals surface area (Å²) in [5.74, 6) is -7.41. The zero-order valence-electron chi connectivity index (χ0n) is 14.4. The predicted molar refractivity (Wildman–Crippen MR) is 84.8 cm³/mol. The maximum absolute atomic E-state index is 13.6. The number of carbonyl (C=O) groups is 2. The smallest absolute Gasteiger partial charge is 0.393 e. The summed E-state index contributed by atoms with van der Waals surface area (Å²) in [6.07, 6.45) is -4.81. The molecule has 1 aliphatic heterocycles. The van der Waals surface area contributed by atoms with Crippen LogP contribution in [0.5, 0.6) is 0 Å². The molecule has 1 unspecified atom stereocenters. The summed E-state index contributed by atoms with van der Waals surface area (Å²) >= 11 is 0. The molecule has 0 aliphatic carbocycles. The molecule has 2 N–H and O–H groups in total. The lowest BCUT2D eigenvalue weighted by Gasteiger charge is -2.19. The number of nitrogens with one attached hydrogen (secondary N) is 1. The van der Waals surface area contributed by atoms with Crippen LogP contribution in [0.2, 0.25) is 0 Å². The molecule has 2 rings (SSSR count). The average Bonchev–Trinajstić information content (AvgIpc) is 2.95. The fraction of sp³-hybridized carbons (Fsp3) is 0.529. The van der Waals surface area contributed by atoms with Gasteiger partial charge >= 0.3 is 12.1 Å². The summed E-state index contributed by atoms with van der Waals surface area (Å²) in [6, 6.07) is 2.71. The Balaban J connectivity index is 1.93. The first-order valence-electron chi connectivity index (χ1n) is 8.23. The van der Waals surface area contributed by atoms with E-state index in [2.05, 4.69) is 5.32 Å². The fourth-order valence-corrected chi connectivity index (χ4v) is 3.20. The van der Waals surface area contributed by atoms with E-state index in [-0.39, 0.29) is 12.0 Å². The first kappa shape index (κ1) is 21.1. The molecule has 3 atom stereocenters. The van der Waals surface area contributed by atoms with Crippen molar-refractivity contribution in [3.05, 3.63) is 35.4 Å². The molecule has 5 nitrogen and oxygen atoms in total. The number of carbonyl (C=O) groups excluding carboxylic acids is 1. The second kappa shape index (κ2) is 8.20. The molecule has 1 saturated heterocycles. The molecule has 0 bridgehead atoms. The van der Waals surface area contributed by atoms with E-state index in [1.165, 1.54) is 13.0 Å². The third-order valence-corrected chi connectivity index (χ3v) is 4.48. The van der Waals surface area contributed by atoms with Gasteiger partial charge in [0.1, 0.15) is 11.6 Å². The fourth-order valence-electron chi connectivity index (χ4n) is 3.20. The highest BCUT2D eigenvalue weighted by Gasteiger charge is 2.52. The molecule has 1 heterocycles. The third-order valence-electron chi connectivity index (χ3n) is 4.48. The normalized spacial score (nSPS) is 21.9. The zero-order valence-corrected chi connectivity index (χ0v) is 14.4. The van der Waals surface area contributed by atoms with Crippen LogP contribution < -0.4 is 5.32 Å². The number of aliphatic carboxylic acids is 1. The van der Waals surface area contributed by atoms with E-state index in [1.807, 2.05) is 0 Å². The van der Waals surface area contributed by atoms with Crippen molar-refractivity contribution in [3.8, 4) is 0 Å². The van der Waals surface area contributed by atoms with Crippen molar-refractivity contribution in [1.82, 2.24) is 10.2 Å². The number of hydrogen-bond acceptors (Lipinski definition) is 3. The van der Waals surface area contributed by atoms with Crippen molar-refractivity contribution in [3.63, 3.8) is 0 Å². The van der Waals surface area contributed by atoms with Crippen molar-refractivity contribution in [2.75, 3.05) is 19.6 Å². The topological polar surface area (TPSA) is 69.6 Å². The van der Waals surface area contributed by atoms with E-state index in [9.17, 15) is 31.5 Å². The summed E-state index contributed by atoms with van der Waals surface area (Å²) in [5.41, 5.74) is -0.199. The van der Waals surface area contributed by atoms with Gasteiger partial charge in [-0.3, -0.25) is 14.5 Å². The molecule has 1 aromatic rings. The average molecular weight is 394 g/mol. The minimum Gasteiger partial charge on any atom is -0.481 e. The van der Waals surface area contributed by atoms with Gasteiger partial charge in [0, 0.05) is 24.7 Å². The van der Waals surface area contributed by atoms with Gasteiger partial charge in [-0.25, -0.2) is 8.78 Å². The van der Waals surface area contributed by atoms with Crippen LogP contribution in [-0.4, -0.2) is 53.7 Å². The van der Waals surface area contributed by atoms with E-state index < -0.39 is 67.2 Å². The number of rotatable bonds is 6. The number of carboxylic acids is 1. The van der Waals surface area contributed by atoms with Crippen molar-refractivity contribution in [2.45, 2.75) is 25.6 Å². The summed E-state index contributed by atoms with van der Waals surface area (Å²) in [7, 11) is 0. The molecule has 1 fully saturated rings. The molecular weight excluding hydrogens is 375 g/mol. The number of benzene rings is 1. The van der Waals surface area contributed by atoms with Gasteiger partial charge < -0.3 is 10.4 Å². The molecule has 1 aromatic carbocycles. The van der Waals surface area contributed by atoms with Crippen LogP contribution in [-0.2, 0) is 16.0 Å². The van der Waals surface area contributed by atoms with Crippen LogP contribution >= 0.6 is 0 Å². The second-order valence-corrected chi connectivity index (χ2v) is 6.66. The van der Waals surface area contributed by atoms with E-state index >= 15 is 0 Å². The molecule has 0 aromatic heterocycles. The summed E-state index contributed by atoms with van der Waals surface area (Å²) in [4.78, 5) is 24.2. The number of alkyl halides is 3. The van der Waals surface area contributed by atoms with Gasteiger partial charge in [0.15, 0.2) is 0 Å². The lowest BCUT2D eigenvalue weighted by Crippen LogP contribution is -2.41. The maximum atomic E-state index is 13.6. The summed E-state index contributed by atoms with van der Waals surface area (Å²) in [5, 5.41) is 11.4. The van der Waals surface area contributed by atoms with Crippen molar-refractivity contribution >= 4 is 11.9 Å². The summed E-state index contributed by atoms with van der Waals surface area (Å²) in [6.45, 7) is 0.0836. The van der Waals surface area contributed by atoms with Crippen molar-refractivity contribution in [2.24, 2.45) is 11.8 Å². The molecule has 0 spiro atoms. The minimum absolute atomic E-state index is 0.132. The molecule has 10 heteroatoms. The van der Waals surface area contributed by atoms with Gasteiger partial charge in [0.2, 0.25) is 5.91 Å². The Morgan fingerprint density at radius 3 is 2.33 bits per heavy atom. The first-order valence-corrected chi connectivity index (χ1v) is 8.23. The van der Waals surface area contributed by atoms with Crippen LogP contribution in [0.3, 0.4) is 0 Å². The van der Waals surface area contributed by atoms with E-state index in [0.717, 1.165) is 17.0 Å². The van der Waals surface area contributed by atoms with Gasteiger partial charge in [0.05, 0.1) is 18.4 Å². The number of amides is 1. The van der Waals surface area contributed by atoms with Crippen LogP contribution in [0.15, 0.2) is 18.2 Å². The SMILES string of the molecule is CC(Cc1c(F)cccc1F)NC(=O)CN1C[C@@H](C(F)(F)F)[C@H](C(=O)O)C1. The van der Waals surface area contributed by atoms with Crippen LogP contribution in [0, 0.1) is 23.5 Å². The van der Waals surface area contributed by atoms with Gasteiger partial charge in [-0.15, -0.1) is 0 Å². The Morgan fingerprint density at radius 2 is 1.85 bits per heavy atom. The standard InChI is InChI=1S/C17H19F5N2O3/c1-9(5-10-13(18)3-2-4-14(10)19)23-15(25)8-24-6-11(16(26)27)12(7-24)17(20,21)22/h2-4,9,11-12H,5-8H2,1H3,(H,23,25)(H,26,27)/t9?,11-,12-/m1/s1. The molecular formula is C17H19F5N2O3. The second-order valence-electron chi connectivity index (χ2n) is 6.66. The van der Waals surface area contributed by atoms with E-state index in [0.29, 0.717) is 0 Å². The molecule has 0 radical (unpaired) electrons. The third kappa shape index (κ3) is 5.38. The summed E-state index contributed by atoms with van der Waals surface area (Å²) < 4.78 is 66.1. The van der Waals surface area contributed by atoms with Crippen LogP contribution in [0.1, 0.15) is 12.5 Å². The predicted octanol–water partition coefficient (Wildman–Crippen LogP) is 2.21. The van der Waals surface area contributed by atoms with Gasteiger partial charge in [-0.2, -0.15) is 13.2 Å². The zero-order chi connectivity index (χ0) is 20.4. The van der Waals surface area contributed by atoms with E-state index in [1.54, 1.807) is 0 Å². The number of halogens is 5. The maximum Gasteiger partial charge on any atom is 0.393 e. The highest BCUT2D eigenvalue weighted by molar-refractivity contribution is 5.78. The molecule has 1 amide bonds. The lowest BCUT2D eigenvalue weighted by molar-refractivity contribution is -0.188.